The Morgan fingerprint density at radius 3 is 2.48 bits per heavy atom. The van der Waals surface area contributed by atoms with Crippen molar-refractivity contribution in [3.8, 4) is 0 Å². The number of piperazine rings is 1. The lowest BCUT2D eigenvalue weighted by Crippen LogP contribution is -2.49. The number of aryl methyl sites for hydroxylation is 1. The largest absolute Gasteiger partial charge is 0.344 e. The summed E-state index contributed by atoms with van der Waals surface area (Å²) in [5, 5.41) is 0.908. The van der Waals surface area contributed by atoms with Gasteiger partial charge in [-0.05, 0) is 32.9 Å². The van der Waals surface area contributed by atoms with Crippen molar-refractivity contribution in [2.24, 2.45) is 0 Å². The van der Waals surface area contributed by atoms with Crippen LogP contribution < -0.4 is 4.90 Å². The van der Waals surface area contributed by atoms with Gasteiger partial charge in [-0.1, -0.05) is 36.8 Å². The van der Waals surface area contributed by atoms with Crippen molar-refractivity contribution in [1.29, 1.82) is 0 Å². The Labute approximate surface area is 178 Å². The number of carbonyl (C=O) groups is 1. The number of hydrogen-bond acceptors (Lipinski definition) is 6. The molecule has 7 heteroatoms. The van der Waals surface area contributed by atoms with Crippen molar-refractivity contribution < 1.29 is 4.79 Å². The summed E-state index contributed by atoms with van der Waals surface area (Å²) in [6, 6.07) is 8.78. The minimum Gasteiger partial charge on any atom is -0.344 e. The SMILES string of the molecule is CCN1CCN(C(=O)CCN(c2nc(Cc3ccc(C)cc3)ns2)C(C)C)CC1. The summed E-state index contributed by atoms with van der Waals surface area (Å²) >= 11 is 1.43. The van der Waals surface area contributed by atoms with Gasteiger partial charge >= 0.3 is 0 Å². The fourth-order valence-corrected chi connectivity index (χ4v) is 4.43. The third kappa shape index (κ3) is 6.00. The number of anilines is 1. The van der Waals surface area contributed by atoms with Crippen LogP contribution >= 0.6 is 11.5 Å². The highest BCUT2D eigenvalue weighted by atomic mass is 32.1. The summed E-state index contributed by atoms with van der Waals surface area (Å²) in [5.74, 6) is 1.09. The smallest absolute Gasteiger partial charge is 0.224 e. The number of nitrogens with zero attached hydrogens (tertiary/aromatic N) is 5. The van der Waals surface area contributed by atoms with Crippen LogP contribution in [0.15, 0.2) is 24.3 Å². The summed E-state index contributed by atoms with van der Waals surface area (Å²) < 4.78 is 4.56. The topological polar surface area (TPSA) is 52.6 Å². The highest BCUT2D eigenvalue weighted by molar-refractivity contribution is 7.09. The molecule has 1 aromatic carbocycles. The Hall–Kier alpha value is -1.99. The number of rotatable bonds is 8. The zero-order chi connectivity index (χ0) is 20.8. The van der Waals surface area contributed by atoms with E-state index in [1.165, 1.54) is 22.7 Å². The zero-order valence-corrected chi connectivity index (χ0v) is 18.9. The quantitative estimate of drug-likeness (QED) is 0.663. The van der Waals surface area contributed by atoms with E-state index in [-0.39, 0.29) is 11.9 Å². The van der Waals surface area contributed by atoms with Crippen LogP contribution in [-0.2, 0) is 11.2 Å². The van der Waals surface area contributed by atoms with Gasteiger partial charge in [0.2, 0.25) is 11.0 Å². The van der Waals surface area contributed by atoms with E-state index >= 15 is 0 Å². The molecule has 0 saturated carbocycles. The summed E-state index contributed by atoms with van der Waals surface area (Å²) in [4.78, 5) is 24.0. The molecule has 29 heavy (non-hydrogen) atoms. The van der Waals surface area contributed by atoms with Crippen LogP contribution in [0.5, 0.6) is 0 Å². The molecule has 0 unspecified atom stereocenters. The lowest BCUT2D eigenvalue weighted by atomic mass is 10.1. The average molecular weight is 416 g/mol. The van der Waals surface area contributed by atoms with Crippen LogP contribution in [0.4, 0.5) is 5.13 Å². The van der Waals surface area contributed by atoms with E-state index in [1.54, 1.807) is 0 Å². The van der Waals surface area contributed by atoms with Crippen molar-refractivity contribution >= 4 is 22.6 Å². The second-order valence-corrected chi connectivity index (χ2v) is 8.74. The number of aromatic nitrogens is 2. The van der Waals surface area contributed by atoms with Gasteiger partial charge in [0, 0.05) is 63.1 Å². The van der Waals surface area contributed by atoms with Crippen LogP contribution in [0.3, 0.4) is 0 Å². The molecule has 1 aliphatic heterocycles. The number of hydrogen-bond donors (Lipinski definition) is 0. The summed E-state index contributed by atoms with van der Waals surface area (Å²) in [5.41, 5.74) is 2.48. The molecule has 0 aliphatic carbocycles. The van der Waals surface area contributed by atoms with E-state index in [0.29, 0.717) is 13.0 Å². The van der Waals surface area contributed by atoms with Gasteiger partial charge in [0.1, 0.15) is 5.82 Å². The second-order valence-electron chi connectivity index (χ2n) is 8.01. The Balaban J connectivity index is 1.56. The van der Waals surface area contributed by atoms with Gasteiger partial charge in [-0.3, -0.25) is 4.79 Å². The van der Waals surface area contributed by atoms with E-state index in [9.17, 15) is 4.79 Å². The molecule has 0 bridgehead atoms. The van der Waals surface area contributed by atoms with Crippen LogP contribution in [0.2, 0.25) is 0 Å². The predicted octanol–water partition coefficient (Wildman–Crippen LogP) is 3.21. The van der Waals surface area contributed by atoms with Crippen LogP contribution in [0, 0.1) is 6.92 Å². The first-order valence-corrected chi connectivity index (χ1v) is 11.4. The molecular weight excluding hydrogens is 382 g/mol. The molecule has 2 heterocycles. The van der Waals surface area contributed by atoms with E-state index < -0.39 is 0 Å². The molecule has 1 saturated heterocycles. The third-order valence-corrected chi connectivity index (χ3v) is 6.34. The maximum atomic E-state index is 12.7. The molecule has 0 N–H and O–H groups in total. The molecule has 3 rings (SSSR count). The first-order valence-electron chi connectivity index (χ1n) is 10.6. The Kier molecular flexibility index (Phi) is 7.61. The van der Waals surface area contributed by atoms with Gasteiger partial charge < -0.3 is 14.7 Å². The zero-order valence-electron chi connectivity index (χ0n) is 18.1. The fourth-order valence-electron chi connectivity index (χ4n) is 3.58. The Morgan fingerprint density at radius 1 is 1.17 bits per heavy atom. The van der Waals surface area contributed by atoms with Gasteiger partial charge in [0.25, 0.3) is 0 Å². The Morgan fingerprint density at radius 2 is 1.86 bits per heavy atom. The van der Waals surface area contributed by atoms with Gasteiger partial charge in [0.15, 0.2) is 0 Å². The second kappa shape index (κ2) is 10.2. The van der Waals surface area contributed by atoms with Gasteiger partial charge in [-0.15, -0.1) is 0 Å². The van der Waals surface area contributed by atoms with Crippen molar-refractivity contribution in [2.75, 3.05) is 44.2 Å². The summed E-state index contributed by atoms with van der Waals surface area (Å²) in [6.45, 7) is 13.9. The standard InChI is InChI=1S/C22H33N5OS/c1-5-25-12-14-26(15-13-25)21(28)10-11-27(17(2)3)22-23-20(24-29-22)16-19-8-6-18(4)7-9-19/h6-9,17H,5,10-16H2,1-4H3. The first-order chi connectivity index (χ1) is 14.0. The average Bonchev–Trinajstić information content (AvgIpc) is 3.17. The monoisotopic (exact) mass is 415 g/mol. The van der Waals surface area contributed by atoms with E-state index in [2.05, 4.69) is 66.1 Å². The van der Waals surface area contributed by atoms with Gasteiger partial charge in [-0.2, -0.15) is 4.37 Å². The van der Waals surface area contributed by atoms with Gasteiger partial charge in [-0.25, -0.2) is 4.98 Å². The lowest BCUT2D eigenvalue weighted by molar-refractivity contribution is -0.132. The molecule has 1 amide bonds. The molecule has 0 radical (unpaired) electrons. The van der Waals surface area contributed by atoms with Gasteiger partial charge in [0.05, 0.1) is 0 Å². The maximum Gasteiger partial charge on any atom is 0.224 e. The van der Waals surface area contributed by atoms with E-state index in [0.717, 1.165) is 50.1 Å². The molecule has 1 aliphatic rings. The number of amides is 1. The molecule has 2 aromatic rings. The van der Waals surface area contributed by atoms with E-state index in [4.69, 9.17) is 4.98 Å². The van der Waals surface area contributed by atoms with Crippen molar-refractivity contribution in [2.45, 2.75) is 46.6 Å². The fraction of sp³-hybridized carbons (Fsp3) is 0.591. The maximum absolute atomic E-state index is 12.7. The normalized spacial score (nSPS) is 15.1. The molecule has 0 atom stereocenters. The van der Waals surface area contributed by atoms with Crippen LogP contribution in [0.1, 0.15) is 44.1 Å². The van der Waals surface area contributed by atoms with Crippen molar-refractivity contribution in [1.82, 2.24) is 19.2 Å². The van der Waals surface area contributed by atoms with Crippen molar-refractivity contribution in [3.63, 3.8) is 0 Å². The van der Waals surface area contributed by atoms with E-state index in [1.807, 2.05) is 4.90 Å². The first kappa shape index (κ1) is 21.7. The van der Waals surface area contributed by atoms with Crippen molar-refractivity contribution in [3.05, 3.63) is 41.2 Å². The molecular formula is C22H33N5OS. The summed E-state index contributed by atoms with van der Waals surface area (Å²) in [7, 11) is 0. The molecule has 1 aromatic heterocycles. The minimum absolute atomic E-state index is 0.246. The predicted molar refractivity (Wildman–Crippen MR) is 120 cm³/mol. The highest BCUT2D eigenvalue weighted by Crippen LogP contribution is 2.22. The highest BCUT2D eigenvalue weighted by Gasteiger charge is 2.22. The Bertz CT molecular complexity index is 781. The lowest BCUT2D eigenvalue weighted by Gasteiger charge is -2.34. The number of benzene rings is 1. The molecule has 0 spiro atoms. The van der Waals surface area contributed by atoms with Crippen LogP contribution in [0.25, 0.3) is 0 Å². The molecule has 1 fully saturated rings. The third-order valence-electron chi connectivity index (χ3n) is 5.55. The molecule has 158 valence electrons. The minimum atomic E-state index is 0.246. The number of likely N-dealkylation sites (N-methyl/N-ethyl adjacent to an activating group) is 1. The van der Waals surface area contributed by atoms with Crippen LogP contribution in [-0.4, -0.2) is 70.4 Å². The number of carbonyl (C=O) groups excluding carboxylic acids is 1. The summed E-state index contributed by atoms with van der Waals surface area (Å²) in [6.07, 6.45) is 1.26. The molecule has 6 nitrogen and oxygen atoms in total.